The van der Waals surface area contributed by atoms with Gasteiger partial charge in [-0.1, -0.05) is 17.7 Å². The first kappa shape index (κ1) is 23.4. The molecule has 3 aromatic rings. The van der Waals surface area contributed by atoms with Crippen molar-refractivity contribution in [1.82, 2.24) is 24.8 Å². The number of urea groups is 1. The van der Waals surface area contributed by atoms with Gasteiger partial charge in [0.25, 0.3) is 5.91 Å². The number of rotatable bonds is 5. The fourth-order valence-electron chi connectivity index (χ4n) is 4.25. The number of hydrogen-bond donors (Lipinski definition) is 3. The molecule has 2 fully saturated rings. The maximum Gasteiger partial charge on any atom is 0.324 e. The van der Waals surface area contributed by atoms with E-state index >= 15 is 0 Å². The van der Waals surface area contributed by atoms with E-state index in [9.17, 15) is 9.59 Å². The van der Waals surface area contributed by atoms with Gasteiger partial charge in [-0.15, -0.1) is 0 Å². The van der Waals surface area contributed by atoms with E-state index in [0.717, 1.165) is 0 Å². The van der Waals surface area contributed by atoms with Gasteiger partial charge < -0.3 is 24.8 Å². The van der Waals surface area contributed by atoms with Gasteiger partial charge in [-0.3, -0.25) is 14.7 Å². The van der Waals surface area contributed by atoms with Crippen LogP contribution in [-0.2, 0) is 19.0 Å². The Morgan fingerprint density at radius 1 is 1.14 bits per heavy atom. The van der Waals surface area contributed by atoms with Crippen LogP contribution in [0.3, 0.4) is 0 Å². The van der Waals surface area contributed by atoms with Crippen LogP contribution in [0.25, 0.3) is 11.2 Å². The molecule has 35 heavy (non-hydrogen) atoms. The van der Waals surface area contributed by atoms with Crippen LogP contribution in [-0.4, -0.2) is 62.1 Å². The number of ether oxygens (including phenoxy) is 3. The highest BCUT2D eigenvalue weighted by Gasteiger charge is 2.58. The zero-order chi connectivity index (χ0) is 24.7. The minimum absolute atomic E-state index is 0.201. The molecule has 4 atom stereocenters. The van der Waals surface area contributed by atoms with Crippen LogP contribution < -0.4 is 16.0 Å². The minimum Gasteiger partial charge on any atom is -0.354 e. The number of benzene rings is 1. The third-order valence-electron chi connectivity index (χ3n) is 5.59. The van der Waals surface area contributed by atoms with E-state index in [4.69, 9.17) is 25.8 Å². The standard InChI is InChI=1S/C22H24ClN7O5/c1-4-24-19(31)15-14-16(35-22(2,3)34-14)20(33-15)30-10-27-13-17(25-9-26-18(13)30)29-21(32)28-12-7-5-6-11(23)8-12/h5-10,14-16,20H,4H2,1-3H3,(H,24,31)(H2,25,26,28,29,32)/t14-,15+,16-,20-/m1/s1. The maximum atomic E-state index is 12.6. The molecular formula is C22H24ClN7O5. The van der Waals surface area contributed by atoms with Crippen molar-refractivity contribution in [3.8, 4) is 0 Å². The Hall–Kier alpha value is -3.32. The number of anilines is 2. The Morgan fingerprint density at radius 3 is 2.71 bits per heavy atom. The van der Waals surface area contributed by atoms with E-state index in [-0.39, 0.29) is 11.7 Å². The molecule has 5 rings (SSSR count). The molecule has 0 spiro atoms. The van der Waals surface area contributed by atoms with Crippen LogP contribution in [0, 0.1) is 0 Å². The van der Waals surface area contributed by atoms with Crippen LogP contribution >= 0.6 is 11.6 Å². The molecule has 2 aromatic heterocycles. The van der Waals surface area contributed by atoms with Gasteiger partial charge in [0.15, 0.2) is 35.1 Å². The number of nitrogens with zero attached hydrogens (tertiary/aromatic N) is 4. The summed E-state index contributed by atoms with van der Waals surface area (Å²) in [6.45, 7) is 5.85. The van der Waals surface area contributed by atoms with Gasteiger partial charge in [0.2, 0.25) is 0 Å². The Morgan fingerprint density at radius 2 is 1.94 bits per heavy atom. The van der Waals surface area contributed by atoms with E-state index in [1.54, 1.807) is 42.7 Å². The molecule has 4 heterocycles. The molecule has 2 aliphatic rings. The lowest BCUT2D eigenvalue weighted by Crippen LogP contribution is -2.42. The zero-order valence-electron chi connectivity index (χ0n) is 19.2. The number of likely N-dealkylation sites (N-methyl/N-ethyl adjacent to an activating group) is 1. The summed E-state index contributed by atoms with van der Waals surface area (Å²) in [5.41, 5.74) is 1.26. The van der Waals surface area contributed by atoms with Gasteiger partial charge in [-0.05, 0) is 39.0 Å². The summed E-state index contributed by atoms with van der Waals surface area (Å²) in [6, 6.07) is 6.23. The summed E-state index contributed by atoms with van der Waals surface area (Å²) in [7, 11) is 0. The first-order valence-electron chi connectivity index (χ1n) is 11.1. The summed E-state index contributed by atoms with van der Waals surface area (Å²) >= 11 is 5.97. The molecular weight excluding hydrogens is 478 g/mol. The van der Waals surface area contributed by atoms with Crippen molar-refractivity contribution in [3.05, 3.63) is 41.9 Å². The molecule has 3 N–H and O–H groups in total. The van der Waals surface area contributed by atoms with E-state index in [2.05, 4.69) is 30.9 Å². The van der Waals surface area contributed by atoms with Gasteiger partial charge in [-0.2, -0.15) is 0 Å². The second-order valence-electron chi connectivity index (χ2n) is 8.54. The molecule has 184 valence electrons. The average Bonchev–Trinajstić information content (AvgIpc) is 3.45. The van der Waals surface area contributed by atoms with Crippen molar-refractivity contribution in [2.75, 3.05) is 17.2 Å². The maximum absolute atomic E-state index is 12.6. The molecule has 2 saturated heterocycles. The Bertz CT molecular complexity index is 1280. The van der Waals surface area contributed by atoms with Crippen LogP contribution in [0.15, 0.2) is 36.9 Å². The highest BCUT2D eigenvalue weighted by Crippen LogP contribution is 2.44. The second-order valence-corrected chi connectivity index (χ2v) is 8.98. The first-order chi connectivity index (χ1) is 16.8. The number of halogens is 1. The topological polar surface area (TPSA) is 142 Å². The fraction of sp³-hybridized carbons (Fsp3) is 0.409. The van der Waals surface area contributed by atoms with Crippen molar-refractivity contribution in [2.45, 2.75) is 51.1 Å². The van der Waals surface area contributed by atoms with Crippen LogP contribution in [0.5, 0.6) is 0 Å². The number of nitrogens with one attached hydrogen (secondary N) is 3. The summed E-state index contributed by atoms with van der Waals surface area (Å²) in [5.74, 6) is -0.976. The van der Waals surface area contributed by atoms with Gasteiger partial charge in [0.05, 0.1) is 6.33 Å². The van der Waals surface area contributed by atoms with Crippen molar-refractivity contribution in [1.29, 1.82) is 0 Å². The number of imidazole rings is 1. The van der Waals surface area contributed by atoms with Gasteiger partial charge >= 0.3 is 6.03 Å². The summed E-state index contributed by atoms with van der Waals surface area (Å²) < 4.78 is 19.8. The lowest BCUT2D eigenvalue weighted by molar-refractivity contribution is -0.197. The number of amides is 3. The average molecular weight is 502 g/mol. The summed E-state index contributed by atoms with van der Waals surface area (Å²) in [5, 5.41) is 8.64. The van der Waals surface area contributed by atoms with Gasteiger partial charge in [0, 0.05) is 17.3 Å². The molecule has 0 aliphatic carbocycles. The third kappa shape index (κ3) is 4.52. The molecule has 0 saturated carbocycles. The highest BCUT2D eigenvalue weighted by atomic mass is 35.5. The summed E-state index contributed by atoms with van der Waals surface area (Å²) in [6.07, 6.45) is 0.0265. The molecule has 12 nitrogen and oxygen atoms in total. The monoisotopic (exact) mass is 501 g/mol. The smallest absolute Gasteiger partial charge is 0.324 e. The predicted molar refractivity (Wildman–Crippen MR) is 126 cm³/mol. The number of carbonyl (C=O) groups excluding carboxylic acids is 2. The summed E-state index contributed by atoms with van der Waals surface area (Å²) in [4.78, 5) is 38.1. The number of aromatic nitrogens is 4. The zero-order valence-corrected chi connectivity index (χ0v) is 19.9. The number of fused-ring (bicyclic) bond motifs is 2. The largest absolute Gasteiger partial charge is 0.354 e. The first-order valence-corrected chi connectivity index (χ1v) is 11.4. The van der Waals surface area contributed by atoms with Crippen molar-refractivity contribution in [2.24, 2.45) is 0 Å². The lowest BCUT2D eigenvalue weighted by Gasteiger charge is -2.24. The molecule has 1 aromatic carbocycles. The van der Waals surface area contributed by atoms with E-state index in [1.807, 2.05) is 6.92 Å². The van der Waals surface area contributed by atoms with E-state index < -0.39 is 36.4 Å². The minimum atomic E-state index is -0.890. The second kappa shape index (κ2) is 9.04. The Labute approximate surface area is 205 Å². The van der Waals surface area contributed by atoms with E-state index in [0.29, 0.717) is 28.4 Å². The molecule has 0 radical (unpaired) electrons. The van der Waals surface area contributed by atoms with Crippen LogP contribution in [0.1, 0.15) is 27.0 Å². The molecule has 2 aliphatic heterocycles. The van der Waals surface area contributed by atoms with Crippen molar-refractivity contribution < 1.29 is 23.8 Å². The third-order valence-corrected chi connectivity index (χ3v) is 5.82. The highest BCUT2D eigenvalue weighted by molar-refractivity contribution is 6.30. The van der Waals surface area contributed by atoms with Crippen LogP contribution in [0.4, 0.5) is 16.3 Å². The molecule has 0 bridgehead atoms. The number of carbonyl (C=O) groups is 2. The van der Waals surface area contributed by atoms with Crippen molar-refractivity contribution >= 4 is 46.2 Å². The van der Waals surface area contributed by atoms with Crippen LogP contribution in [0.2, 0.25) is 5.02 Å². The van der Waals surface area contributed by atoms with Crippen molar-refractivity contribution in [3.63, 3.8) is 0 Å². The normalized spacial score (nSPS) is 24.8. The van der Waals surface area contributed by atoms with Gasteiger partial charge in [0.1, 0.15) is 18.5 Å². The number of hydrogen-bond acceptors (Lipinski definition) is 8. The fourth-order valence-corrected chi connectivity index (χ4v) is 4.44. The quantitative estimate of drug-likeness (QED) is 0.484. The Kier molecular flexibility index (Phi) is 6.05. The van der Waals surface area contributed by atoms with E-state index in [1.165, 1.54) is 12.7 Å². The lowest BCUT2D eigenvalue weighted by atomic mass is 10.1. The predicted octanol–water partition coefficient (Wildman–Crippen LogP) is 2.68. The molecule has 13 heteroatoms. The SMILES string of the molecule is CCNC(=O)[C@H]1O[C@@H](n2cnc3c(NC(=O)Nc4cccc(Cl)c4)ncnc32)[C@@H]2OC(C)(C)O[C@@H]21. The van der Waals surface area contributed by atoms with Gasteiger partial charge in [-0.25, -0.2) is 19.7 Å². The molecule has 3 amide bonds. The Balaban J connectivity index is 1.41. The molecule has 0 unspecified atom stereocenters.